The molecule has 1 amide bonds. The first-order valence-electron chi connectivity index (χ1n) is 5.69. The van der Waals surface area contributed by atoms with E-state index in [4.69, 9.17) is 4.55 Å². The van der Waals surface area contributed by atoms with Gasteiger partial charge in [-0.1, -0.05) is 0 Å². The number of nitrogens with zero attached hydrogens (tertiary/aromatic N) is 1. The Morgan fingerprint density at radius 3 is 2.48 bits per heavy atom. The first-order chi connectivity index (χ1) is 9.51. The normalized spacial score (nSPS) is 17.3. The summed E-state index contributed by atoms with van der Waals surface area (Å²) in [6.45, 7) is 3.03. The number of fused-ring (bicyclic) bond motifs is 1. The minimum atomic E-state index is -4.74. The summed E-state index contributed by atoms with van der Waals surface area (Å²) >= 11 is 0. The van der Waals surface area contributed by atoms with Gasteiger partial charge in [-0.25, -0.2) is 4.31 Å². The van der Waals surface area contributed by atoms with Crippen molar-refractivity contribution in [3.63, 3.8) is 0 Å². The molecule has 2 N–H and O–H groups in total. The van der Waals surface area contributed by atoms with Gasteiger partial charge in [0.1, 0.15) is 5.75 Å². The van der Waals surface area contributed by atoms with Gasteiger partial charge in [0.25, 0.3) is 5.91 Å². The number of nitrogens with one attached hydrogen (secondary N) is 1. The highest BCUT2D eigenvalue weighted by atomic mass is 32.3. The third kappa shape index (κ3) is 3.09. The Labute approximate surface area is 121 Å². The first kappa shape index (κ1) is 15.5. The molecule has 9 nitrogen and oxygen atoms in total. The van der Waals surface area contributed by atoms with Crippen molar-refractivity contribution in [1.82, 2.24) is 4.31 Å². The summed E-state index contributed by atoms with van der Waals surface area (Å²) in [6.07, 6.45) is 0. The minimum absolute atomic E-state index is 0.000382. The number of rotatable bonds is 3. The smallest absolute Gasteiger partial charge is 0.362 e. The second-order valence-electron chi connectivity index (χ2n) is 4.52. The lowest BCUT2D eigenvalue weighted by Crippen LogP contribution is -2.48. The van der Waals surface area contributed by atoms with Crippen LogP contribution in [0.25, 0.3) is 0 Å². The summed E-state index contributed by atoms with van der Waals surface area (Å²) in [7, 11) is -8.75. The molecule has 0 aliphatic carbocycles. The third-order valence-corrected chi connectivity index (χ3v) is 4.58. The summed E-state index contributed by atoms with van der Waals surface area (Å²) in [6, 6.07) is 2.67. The topological polar surface area (TPSA) is 130 Å². The molecule has 1 aromatic carbocycles. The summed E-state index contributed by atoms with van der Waals surface area (Å²) < 4.78 is 60.9. The highest BCUT2D eigenvalue weighted by Crippen LogP contribution is 2.31. The maximum Gasteiger partial charge on any atom is 0.446 e. The third-order valence-electron chi connectivity index (χ3n) is 2.59. The molecule has 116 valence electrons. The van der Waals surface area contributed by atoms with Crippen LogP contribution in [0.3, 0.4) is 0 Å². The summed E-state index contributed by atoms with van der Waals surface area (Å²) in [5.74, 6) is -1.13. The highest BCUT2D eigenvalue weighted by molar-refractivity contribution is 7.91. The number of carbonyl (C=O) groups is 1. The van der Waals surface area contributed by atoms with E-state index in [0.29, 0.717) is 4.31 Å². The molecule has 1 heterocycles. The lowest BCUT2D eigenvalue weighted by Gasteiger charge is -2.31. The molecule has 0 saturated carbocycles. The molecular weight excluding hydrogens is 324 g/mol. The van der Waals surface area contributed by atoms with Gasteiger partial charge in [-0.15, -0.1) is 0 Å². The molecule has 1 aliphatic heterocycles. The van der Waals surface area contributed by atoms with Gasteiger partial charge in [0.15, 0.2) is 0 Å². The molecule has 0 atom stereocenters. The lowest BCUT2D eigenvalue weighted by atomic mass is 10.1. The van der Waals surface area contributed by atoms with Gasteiger partial charge in [0.05, 0.1) is 11.3 Å². The molecule has 1 aromatic rings. The standard InChI is InChI=1S/C10H12N2O7S2/c1-6(2)12-10(13)8-5-7(19-21(16,17)18)3-4-9(8)11-20(12,14)15/h3-6,11H,1-2H3,(H,16,17,18). The predicted molar refractivity (Wildman–Crippen MR) is 72.5 cm³/mol. The van der Waals surface area contributed by atoms with Gasteiger partial charge in [0.2, 0.25) is 0 Å². The molecule has 0 bridgehead atoms. The molecule has 0 spiro atoms. The van der Waals surface area contributed by atoms with E-state index in [2.05, 4.69) is 8.91 Å². The Balaban J connectivity index is 2.53. The largest absolute Gasteiger partial charge is 0.446 e. The Hall–Kier alpha value is -1.85. The zero-order valence-corrected chi connectivity index (χ0v) is 12.6. The molecule has 0 saturated heterocycles. The summed E-state index contributed by atoms with van der Waals surface area (Å²) in [5.41, 5.74) is -0.0840. The average Bonchev–Trinajstić information content (AvgIpc) is 2.26. The van der Waals surface area contributed by atoms with Gasteiger partial charge in [0, 0.05) is 6.04 Å². The zero-order valence-electron chi connectivity index (χ0n) is 11.0. The van der Waals surface area contributed by atoms with Crippen LogP contribution < -0.4 is 8.91 Å². The minimum Gasteiger partial charge on any atom is -0.362 e. The van der Waals surface area contributed by atoms with E-state index in [1.807, 2.05) is 0 Å². The van der Waals surface area contributed by atoms with Crippen molar-refractivity contribution >= 4 is 32.2 Å². The van der Waals surface area contributed by atoms with Gasteiger partial charge in [-0.05, 0) is 32.0 Å². The summed E-state index contributed by atoms with van der Waals surface area (Å²) in [4.78, 5) is 12.2. The quantitative estimate of drug-likeness (QED) is 0.763. The van der Waals surface area contributed by atoms with Crippen molar-refractivity contribution < 1.29 is 30.4 Å². The van der Waals surface area contributed by atoms with Gasteiger partial charge in [-0.3, -0.25) is 14.1 Å². The van der Waals surface area contributed by atoms with Gasteiger partial charge in [-0.2, -0.15) is 16.8 Å². The van der Waals surface area contributed by atoms with Crippen LogP contribution in [0.15, 0.2) is 18.2 Å². The molecule has 0 unspecified atom stereocenters. The van der Waals surface area contributed by atoms with Crippen molar-refractivity contribution in [2.75, 3.05) is 4.72 Å². The van der Waals surface area contributed by atoms with E-state index in [1.165, 1.54) is 19.9 Å². The fourth-order valence-corrected chi connectivity index (χ4v) is 3.66. The van der Waals surface area contributed by atoms with Crippen molar-refractivity contribution in [2.45, 2.75) is 19.9 Å². The SMILES string of the molecule is CC(C)N1C(=O)c2cc(OS(=O)(=O)O)ccc2NS1(=O)=O. The number of benzene rings is 1. The molecule has 2 rings (SSSR count). The average molecular weight is 336 g/mol. The van der Waals surface area contributed by atoms with E-state index >= 15 is 0 Å². The fourth-order valence-electron chi connectivity index (χ4n) is 1.89. The number of anilines is 1. The second kappa shape index (κ2) is 4.86. The molecule has 0 radical (unpaired) electrons. The Kier molecular flexibility index (Phi) is 3.59. The number of carbonyl (C=O) groups excluding carboxylic acids is 1. The Morgan fingerprint density at radius 1 is 1.33 bits per heavy atom. The van der Waals surface area contributed by atoms with E-state index < -0.39 is 32.6 Å². The Morgan fingerprint density at radius 2 is 1.95 bits per heavy atom. The van der Waals surface area contributed by atoms with Crippen LogP contribution in [0, 0.1) is 0 Å². The van der Waals surface area contributed by atoms with Crippen LogP contribution in [0.2, 0.25) is 0 Å². The van der Waals surface area contributed by atoms with Gasteiger partial charge < -0.3 is 4.18 Å². The van der Waals surface area contributed by atoms with Crippen LogP contribution in [0.5, 0.6) is 5.75 Å². The zero-order chi connectivity index (χ0) is 16.0. The monoisotopic (exact) mass is 336 g/mol. The fraction of sp³-hybridized carbons (Fsp3) is 0.300. The number of hydrogen-bond acceptors (Lipinski definition) is 6. The van der Waals surface area contributed by atoms with Crippen molar-refractivity contribution in [3.8, 4) is 5.75 Å². The van der Waals surface area contributed by atoms with Crippen molar-refractivity contribution in [2.24, 2.45) is 0 Å². The van der Waals surface area contributed by atoms with E-state index in [-0.39, 0.29) is 17.0 Å². The highest BCUT2D eigenvalue weighted by Gasteiger charge is 2.37. The molecule has 0 fully saturated rings. The predicted octanol–water partition coefficient (Wildman–Crippen LogP) is 0.389. The van der Waals surface area contributed by atoms with E-state index in [9.17, 15) is 21.6 Å². The van der Waals surface area contributed by atoms with Crippen LogP contribution in [0.4, 0.5) is 5.69 Å². The van der Waals surface area contributed by atoms with E-state index in [0.717, 1.165) is 12.1 Å². The van der Waals surface area contributed by atoms with E-state index in [1.54, 1.807) is 0 Å². The number of hydrogen-bond donors (Lipinski definition) is 2. The molecule has 0 aromatic heterocycles. The first-order valence-corrected chi connectivity index (χ1v) is 8.49. The second-order valence-corrected chi connectivity index (χ2v) is 7.09. The van der Waals surface area contributed by atoms with Crippen LogP contribution in [0.1, 0.15) is 24.2 Å². The molecular formula is C10H12N2O7S2. The van der Waals surface area contributed by atoms with Crippen LogP contribution in [-0.4, -0.2) is 37.6 Å². The number of amides is 1. The maximum absolute atomic E-state index is 12.2. The lowest BCUT2D eigenvalue weighted by molar-refractivity contribution is 0.0833. The molecule has 21 heavy (non-hydrogen) atoms. The Bertz CT molecular complexity index is 799. The summed E-state index contributed by atoms with van der Waals surface area (Å²) in [5, 5.41) is 0. The molecule has 1 aliphatic rings. The molecule has 11 heteroatoms. The van der Waals surface area contributed by atoms with Gasteiger partial charge >= 0.3 is 20.6 Å². The van der Waals surface area contributed by atoms with Crippen LogP contribution in [-0.2, 0) is 20.6 Å². The van der Waals surface area contributed by atoms with Crippen molar-refractivity contribution in [3.05, 3.63) is 23.8 Å². The van der Waals surface area contributed by atoms with Crippen molar-refractivity contribution in [1.29, 1.82) is 0 Å². The maximum atomic E-state index is 12.2. The van der Waals surface area contributed by atoms with Crippen LogP contribution >= 0.6 is 0 Å².